The molecule has 1 aromatic rings. The second-order valence-corrected chi connectivity index (χ2v) is 6.93. The highest BCUT2D eigenvalue weighted by Gasteiger charge is 2.16. The maximum atomic E-state index is 10.5. The Morgan fingerprint density at radius 1 is 1.68 bits per heavy atom. The summed E-state index contributed by atoms with van der Waals surface area (Å²) in [5.41, 5.74) is 6.63. The van der Waals surface area contributed by atoms with Gasteiger partial charge in [0.15, 0.2) is 5.84 Å². The van der Waals surface area contributed by atoms with Crippen LogP contribution in [0, 0.1) is 10.1 Å². The van der Waals surface area contributed by atoms with Crippen LogP contribution in [0.15, 0.2) is 10.4 Å². The third-order valence-corrected chi connectivity index (χ3v) is 4.92. The minimum atomic E-state index is -0.915. The summed E-state index contributed by atoms with van der Waals surface area (Å²) in [6.45, 7) is 5.94. The van der Waals surface area contributed by atoms with Crippen LogP contribution in [0.5, 0.6) is 0 Å². The third kappa shape index (κ3) is 6.71. The molecular weight excluding hydrogens is 322 g/mol. The van der Waals surface area contributed by atoms with Crippen LogP contribution in [0.3, 0.4) is 0 Å². The van der Waals surface area contributed by atoms with Gasteiger partial charge in [0.1, 0.15) is 5.01 Å². The number of aliphatic imine (C=N–C) groups is 1. The lowest BCUT2D eigenvalue weighted by Gasteiger charge is -2.10. The molecule has 22 heavy (non-hydrogen) atoms. The first-order valence-corrected chi connectivity index (χ1v) is 9.10. The standard InChI is InChI=1S/C13H23N5O2S2/c1-4-17(3)7-12-16-11(9-22-12)8-21-6-5-15-13(14)10(2)18(19)20/h9-10H,4-8H2,1-3H3,(H2,14,15). The summed E-state index contributed by atoms with van der Waals surface area (Å²) in [5.74, 6) is 1.68. The zero-order valence-electron chi connectivity index (χ0n) is 13.2. The van der Waals surface area contributed by atoms with Gasteiger partial charge in [0.05, 0.1) is 18.8 Å². The molecule has 2 N–H and O–H groups in total. The van der Waals surface area contributed by atoms with Crippen molar-refractivity contribution in [3.8, 4) is 0 Å². The first kappa shape index (κ1) is 18.9. The second-order valence-electron chi connectivity index (χ2n) is 4.88. The quantitative estimate of drug-likeness (QED) is 0.228. The Bertz CT molecular complexity index is 506. The largest absolute Gasteiger partial charge is 0.382 e. The molecule has 0 aliphatic rings. The van der Waals surface area contributed by atoms with Gasteiger partial charge in [-0.1, -0.05) is 6.92 Å². The minimum absolute atomic E-state index is 0.0872. The number of thiazole rings is 1. The van der Waals surface area contributed by atoms with Crippen LogP contribution in [-0.2, 0) is 12.3 Å². The fraction of sp³-hybridized carbons (Fsp3) is 0.692. The second kappa shape index (κ2) is 9.75. The molecule has 1 heterocycles. The molecule has 0 radical (unpaired) electrons. The molecule has 0 fully saturated rings. The molecule has 1 atom stereocenters. The van der Waals surface area contributed by atoms with Gasteiger partial charge in [-0.25, -0.2) is 4.98 Å². The van der Waals surface area contributed by atoms with Gasteiger partial charge in [0.2, 0.25) is 0 Å². The fourth-order valence-electron chi connectivity index (χ4n) is 1.49. The Hall–Kier alpha value is -1.19. The number of amidine groups is 1. The highest BCUT2D eigenvalue weighted by Crippen LogP contribution is 2.16. The van der Waals surface area contributed by atoms with Gasteiger partial charge in [-0.15, -0.1) is 11.3 Å². The van der Waals surface area contributed by atoms with Gasteiger partial charge >= 0.3 is 0 Å². The molecule has 0 amide bonds. The average Bonchev–Trinajstić information content (AvgIpc) is 2.92. The van der Waals surface area contributed by atoms with E-state index in [2.05, 4.69) is 34.2 Å². The normalized spacial score (nSPS) is 13.5. The number of nitrogens with zero attached hydrogens (tertiary/aromatic N) is 4. The number of nitrogens with two attached hydrogens (primary N) is 1. The highest BCUT2D eigenvalue weighted by molar-refractivity contribution is 7.98. The van der Waals surface area contributed by atoms with Gasteiger partial charge in [-0.05, 0) is 13.6 Å². The zero-order chi connectivity index (χ0) is 16.5. The SMILES string of the molecule is CCN(C)Cc1nc(CSCCN=C(N)C(C)[N+](=O)[O-])cs1. The van der Waals surface area contributed by atoms with Crippen LogP contribution in [-0.4, -0.2) is 52.6 Å². The number of hydrogen-bond acceptors (Lipinski definition) is 7. The highest BCUT2D eigenvalue weighted by atomic mass is 32.2. The van der Waals surface area contributed by atoms with Gasteiger partial charge < -0.3 is 5.73 Å². The first-order valence-electron chi connectivity index (χ1n) is 7.06. The lowest BCUT2D eigenvalue weighted by Crippen LogP contribution is -2.33. The van der Waals surface area contributed by atoms with Gasteiger partial charge in [-0.2, -0.15) is 11.8 Å². The van der Waals surface area contributed by atoms with Crippen molar-refractivity contribution >= 4 is 28.9 Å². The fourth-order valence-corrected chi connectivity index (χ4v) is 3.19. The van der Waals surface area contributed by atoms with Crippen molar-refractivity contribution in [2.24, 2.45) is 10.7 Å². The molecule has 7 nitrogen and oxygen atoms in total. The summed E-state index contributed by atoms with van der Waals surface area (Å²) >= 11 is 3.38. The molecule has 0 saturated carbocycles. The van der Waals surface area contributed by atoms with E-state index in [-0.39, 0.29) is 5.84 Å². The van der Waals surface area contributed by atoms with Gasteiger partial charge in [-0.3, -0.25) is 20.0 Å². The topological polar surface area (TPSA) is 97.7 Å². The van der Waals surface area contributed by atoms with Crippen LogP contribution >= 0.6 is 23.1 Å². The molecule has 0 aliphatic carbocycles. The molecule has 0 aliphatic heterocycles. The molecule has 0 saturated heterocycles. The van der Waals surface area contributed by atoms with E-state index in [9.17, 15) is 10.1 Å². The summed E-state index contributed by atoms with van der Waals surface area (Å²) in [5, 5.41) is 13.8. The zero-order valence-corrected chi connectivity index (χ0v) is 14.8. The Labute approximate surface area is 139 Å². The van der Waals surface area contributed by atoms with E-state index >= 15 is 0 Å². The summed E-state index contributed by atoms with van der Waals surface area (Å²) in [6, 6.07) is -0.915. The number of aromatic nitrogens is 1. The molecule has 0 aromatic carbocycles. The number of thioether (sulfide) groups is 1. The van der Waals surface area contributed by atoms with Crippen molar-refractivity contribution in [1.29, 1.82) is 0 Å². The molecule has 0 spiro atoms. The molecular formula is C13H23N5O2S2. The molecule has 1 aromatic heterocycles. The van der Waals surface area contributed by atoms with E-state index in [4.69, 9.17) is 5.73 Å². The van der Waals surface area contributed by atoms with Crippen molar-refractivity contribution in [3.63, 3.8) is 0 Å². The van der Waals surface area contributed by atoms with E-state index in [1.807, 2.05) is 0 Å². The van der Waals surface area contributed by atoms with E-state index in [1.54, 1.807) is 23.1 Å². The van der Waals surface area contributed by atoms with Crippen LogP contribution in [0.1, 0.15) is 24.5 Å². The summed E-state index contributed by atoms with van der Waals surface area (Å²) in [7, 11) is 2.07. The predicted octanol–water partition coefficient (Wildman–Crippen LogP) is 1.85. The van der Waals surface area contributed by atoms with Gasteiger partial charge in [0, 0.05) is 28.7 Å². The maximum absolute atomic E-state index is 10.5. The van der Waals surface area contributed by atoms with Crippen LogP contribution in [0.2, 0.25) is 0 Å². The smallest absolute Gasteiger partial charge is 0.266 e. The van der Waals surface area contributed by atoms with Crippen LogP contribution in [0.25, 0.3) is 0 Å². The number of rotatable bonds is 10. The number of nitro groups is 1. The lowest BCUT2D eigenvalue weighted by atomic mass is 10.3. The first-order chi connectivity index (χ1) is 10.4. The average molecular weight is 345 g/mol. The summed E-state index contributed by atoms with van der Waals surface area (Å²) < 4.78 is 0. The van der Waals surface area contributed by atoms with E-state index in [1.165, 1.54) is 6.92 Å². The molecule has 1 rings (SSSR count). The van der Waals surface area contributed by atoms with Crippen molar-refractivity contribution in [2.75, 3.05) is 25.9 Å². The molecule has 9 heteroatoms. The van der Waals surface area contributed by atoms with Crippen molar-refractivity contribution in [1.82, 2.24) is 9.88 Å². The lowest BCUT2D eigenvalue weighted by molar-refractivity contribution is -0.498. The van der Waals surface area contributed by atoms with Crippen molar-refractivity contribution in [2.45, 2.75) is 32.2 Å². The summed E-state index contributed by atoms with van der Waals surface area (Å²) in [6.07, 6.45) is 0. The predicted molar refractivity (Wildman–Crippen MR) is 93.2 cm³/mol. The van der Waals surface area contributed by atoms with Gasteiger partial charge in [0.25, 0.3) is 6.04 Å². The molecule has 1 unspecified atom stereocenters. The van der Waals surface area contributed by atoms with E-state index in [0.29, 0.717) is 6.54 Å². The van der Waals surface area contributed by atoms with Crippen molar-refractivity contribution < 1.29 is 4.92 Å². The minimum Gasteiger partial charge on any atom is -0.382 e. The molecule has 124 valence electrons. The molecule has 0 bridgehead atoms. The van der Waals surface area contributed by atoms with Crippen LogP contribution < -0.4 is 5.73 Å². The summed E-state index contributed by atoms with van der Waals surface area (Å²) in [4.78, 5) is 20.9. The van der Waals surface area contributed by atoms with E-state index < -0.39 is 11.0 Å². The van der Waals surface area contributed by atoms with Crippen LogP contribution in [0.4, 0.5) is 0 Å². The number of hydrogen-bond donors (Lipinski definition) is 1. The third-order valence-electron chi connectivity index (χ3n) is 3.07. The Morgan fingerprint density at radius 3 is 3.05 bits per heavy atom. The van der Waals surface area contributed by atoms with Crippen molar-refractivity contribution in [3.05, 3.63) is 26.2 Å². The monoisotopic (exact) mass is 345 g/mol. The maximum Gasteiger partial charge on any atom is 0.266 e. The Morgan fingerprint density at radius 2 is 2.41 bits per heavy atom. The Balaban J connectivity index is 2.28. The Kier molecular flexibility index (Phi) is 8.36. The van der Waals surface area contributed by atoms with E-state index in [0.717, 1.165) is 35.3 Å².